The lowest BCUT2D eigenvalue weighted by molar-refractivity contribution is 0.393. The van der Waals surface area contributed by atoms with Crippen LogP contribution in [0.4, 0.5) is 0 Å². The molecule has 0 aliphatic carbocycles. The van der Waals surface area contributed by atoms with Crippen molar-refractivity contribution in [2.24, 2.45) is 0 Å². The van der Waals surface area contributed by atoms with Crippen molar-refractivity contribution in [3.05, 3.63) is 63.1 Å². The first-order valence-electron chi connectivity index (χ1n) is 8.46. The van der Waals surface area contributed by atoms with Crippen LogP contribution in [0.3, 0.4) is 0 Å². The Morgan fingerprint density at radius 3 is 2.54 bits per heavy atom. The molecule has 0 bridgehead atoms. The van der Waals surface area contributed by atoms with Crippen LogP contribution in [0.15, 0.2) is 47.4 Å². The second-order valence-corrected chi connectivity index (χ2v) is 10.1. The molecule has 0 unspecified atom stereocenters. The van der Waals surface area contributed by atoms with E-state index in [0.717, 1.165) is 26.9 Å². The molecule has 9 heteroatoms. The van der Waals surface area contributed by atoms with Gasteiger partial charge in [-0.1, -0.05) is 23.2 Å². The van der Waals surface area contributed by atoms with Gasteiger partial charge in [0.2, 0.25) is 10.0 Å². The van der Waals surface area contributed by atoms with Crippen LogP contribution < -0.4 is 4.74 Å². The first kappa shape index (κ1) is 19.7. The summed E-state index contributed by atoms with van der Waals surface area (Å²) in [6.07, 6.45) is 0.572. The van der Waals surface area contributed by atoms with E-state index in [1.165, 1.54) is 33.8 Å². The van der Waals surface area contributed by atoms with Gasteiger partial charge >= 0.3 is 0 Å². The molecule has 4 rings (SSSR count). The van der Waals surface area contributed by atoms with Gasteiger partial charge in [-0.2, -0.15) is 4.31 Å². The van der Waals surface area contributed by atoms with Crippen molar-refractivity contribution in [2.45, 2.75) is 17.9 Å². The number of aromatic nitrogens is 1. The molecule has 28 heavy (non-hydrogen) atoms. The van der Waals surface area contributed by atoms with E-state index in [1.54, 1.807) is 7.11 Å². The molecule has 0 amide bonds. The van der Waals surface area contributed by atoms with Gasteiger partial charge in [-0.15, -0.1) is 11.3 Å². The van der Waals surface area contributed by atoms with E-state index in [-0.39, 0.29) is 9.92 Å². The van der Waals surface area contributed by atoms with Crippen LogP contribution >= 0.6 is 34.5 Å². The van der Waals surface area contributed by atoms with Gasteiger partial charge in [0.25, 0.3) is 0 Å². The van der Waals surface area contributed by atoms with E-state index in [2.05, 4.69) is 0 Å². The highest BCUT2D eigenvalue weighted by Crippen LogP contribution is 2.35. The predicted molar refractivity (Wildman–Crippen MR) is 112 cm³/mol. The number of fused-ring (bicyclic) bond motifs is 1. The van der Waals surface area contributed by atoms with Crippen molar-refractivity contribution in [1.82, 2.24) is 9.29 Å². The average molecular weight is 455 g/mol. The van der Waals surface area contributed by atoms with Gasteiger partial charge in [0.15, 0.2) is 0 Å². The molecule has 146 valence electrons. The van der Waals surface area contributed by atoms with Crippen LogP contribution in [-0.2, 0) is 23.0 Å². The normalized spacial score (nSPS) is 14.7. The van der Waals surface area contributed by atoms with Gasteiger partial charge in [0.1, 0.15) is 10.8 Å². The lowest BCUT2D eigenvalue weighted by atomic mass is 10.2. The third-order valence-corrected chi connectivity index (χ3v) is 8.27. The number of rotatable bonds is 4. The number of nitrogens with zero attached hydrogens (tertiary/aromatic N) is 2. The lowest BCUT2D eigenvalue weighted by Crippen LogP contribution is -2.35. The van der Waals surface area contributed by atoms with Gasteiger partial charge in [0.05, 0.1) is 34.3 Å². The number of ether oxygens (including phenoxy) is 1. The molecule has 1 aromatic heterocycles. The van der Waals surface area contributed by atoms with E-state index in [0.29, 0.717) is 24.5 Å². The Morgan fingerprint density at radius 1 is 1.11 bits per heavy atom. The molecule has 5 nitrogen and oxygen atoms in total. The number of sulfonamides is 1. The first-order valence-corrected chi connectivity index (χ1v) is 11.5. The fourth-order valence-corrected chi connectivity index (χ4v) is 6.03. The van der Waals surface area contributed by atoms with E-state index in [9.17, 15) is 8.42 Å². The molecule has 0 N–H and O–H groups in total. The molecule has 0 saturated heterocycles. The molecule has 0 radical (unpaired) electrons. The number of methoxy groups -OCH3 is 1. The Morgan fingerprint density at radius 2 is 1.86 bits per heavy atom. The first-order chi connectivity index (χ1) is 13.4. The van der Waals surface area contributed by atoms with Gasteiger partial charge < -0.3 is 4.74 Å². The summed E-state index contributed by atoms with van der Waals surface area (Å²) in [4.78, 5) is 5.81. The van der Waals surface area contributed by atoms with Crippen LogP contribution in [0, 0.1) is 0 Å². The Hall–Kier alpha value is -1.64. The number of thiazole rings is 1. The van der Waals surface area contributed by atoms with Crippen molar-refractivity contribution < 1.29 is 13.2 Å². The fraction of sp³-hybridized carbons (Fsp3) is 0.211. The summed E-state index contributed by atoms with van der Waals surface area (Å²) in [7, 11) is -2.03. The highest BCUT2D eigenvalue weighted by molar-refractivity contribution is 7.89. The van der Waals surface area contributed by atoms with Crippen LogP contribution in [0.2, 0.25) is 10.0 Å². The fourth-order valence-electron chi connectivity index (χ4n) is 3.02. The van der Waals surface area contributed by atoms with Crippen LogP contribution in [0.1, 0.15) is 10.6 Å². The molecule has 0 spiro atoms. The summed E-state index contributed by atoms with van der Waals surface area (Å²) in [6.45, 7) is 0.674. The van der Waals surface area contributed by atoms with Crippen molar-refractivity contribution >= 4 is 44.6 Å². The highest BCUT2D eigenvalue weighted by atomic mass is 35.5. The van der Waals surface area contributed by atoms with Crippen LogP contribution in [0.5, 0.6) is 5.75 Å². The molecule has 3 aromatic rings. The SMILES string of the molecule is COc1ccc(-c2nc3c(s2)CN(S(=O)(=O)c2ccc(Cl)c(Cl)c2)CC3)cc1. The largest absolute Gasteiger partial charge is 0.497 e. The molecule has 0 fully saturated rings. The number of hydrogen-bond donors (Lipinski definition) is 0. The Balaban J connectivity index is 1.60. The molecule has 2 aromatic carbocycles. The maximum absolute atomic E-state index is 13.0. The van der Waals surface area contributed by atoms with Crippen molar-refractivity contribution in [2.75, 3.05) is 13.7 Å². The van der Waals surface area contributed by atoms with Gasteiger partial charge in [0, 0.05) is 23.4 Å². The average Bonchev–Trinajstić information content (AvgIpc) is 3.13. The maximum Gasteiger partial charge on any atom is 0.243 e. The van der Waals surface area contributed by atoms with Gasteiger partial charge in [-0.05, 0) is 42.5 Å². The molecule has 2 heterocycles. The summed E-state index contributed by atoms with van der Waals surface area (Å²) >= 11 is 13.4. The summed E-state index contributed by atoms with van der Waals surface area (Å²) < 4.78 is 32.7. The standard InChI is InChI=1S/C19H16Cl2N2O3S2/c1-26-13-4-2-12(3-5-13)19-22-17-8-9-23(11-18(17)27-19)28(24,25)14-6-7-15(20)16(21)10-14/h2-7,10H,8-9,11H2,1H3. The number of benzene rings is 2. The zero-order valence-electron chi connectivity index (χ0n) is 14.9. The maximum atomic E-state index is 13.0. The van der Waals surface area contributed by atoms with Gasteiger partial charge in [-0.25, -0.2) is 13.4 Å². The predicted octanol–water partition coefficient (Wildman–Crippen LogP) is 4.87. The zero-order chi connectivity index (χ0) is 19.9. The monoisotopic (exact) mass is 454 g/mol. The Kier molecular flexibility index (Phi) is 5.37. The highest BCUT2D eigenvalue weighted by Gasteiger charge is 2.30. The minimum Gasteiger partial charge on any atom is -0.497 e. The Labute approximate surface area is 177 Å². The molecule has 0 saturated carbocycles. The number of hydrogen-bond acceptors (Lipinski definition) is 5. The lowest BCUT2D eigenvalue weighted by Gasteiger charge is -2.25. The molecule has 1 aliphatic heterocycles. The third kappa shape index (κ3) is 3.65. The molecule has 1 aliphatic rings. The molecule has 0 atom stereocenters. The Bertz CT molecular complexity index is 1130. The number of halogens is 2. The second kappa shape index (κ2) is 7.65. The minimum absolute atomic E-state index is 0.144. The summed E-state index contributed by atoms with van der Waals surface area (Å²) in [6, 6.07) is 12.0. The van der Waals surface area contributed by atoms with E-state index in [1.807, 2.05) is 24.3 Å². The summed E-state index contributed by atoms with van der Waals surface area (Å²) in [5.41, 5.74) is 1.94. The van der Waals surface area contributed by atoms with E-state index in [4.69, 9.17) is 32.9 Å². The second-order valence-electron chi connectivity index (χ2n) is 6.28. The molecular formula is C19H16Cl2N2O3S2. The smallest absolute Gasteiger partial charge is 0.243 e. The summed E-state index contributed by atoms with van der Waals surface area (Å²) in [5.74, 6) is 0.781. The van der Waals surface area contributed by atoms with Crippen molar-refractivity contribution in [1.29, 1.82) is 0 Å². The van der Waals surface area contributed by atoms with E-state index >= 15 is 0 Å². The minimum atomic E-state index is -3.66. The zero-order valence-corrected chi connectivity index (χ0v) is 18.0. The van der Waals surface area contributed by atoms with Crippen molar-refractivity contribution in [3.63, 3.8) is 0 Å². The van der Waals surface area contributed by atoms with Gasteiger partial charge in [-0.3, -0.25) is 0 Å². The van der Waals surface area contributed by atoms with E-state index < -0.39 is 10.0 Å². The van der Waals surface area contributed by atoms with Crippen LogP contribution in [-0.4, -0.2) is 31.4 Å². The third-order valence-electron chi connectivity index (χ3n) is 4.56. The van der Waals surface area contributed by atoms with Crippen LogP contribution in [0.25, 0.3) is 10.6 Å². The van der Waals surface area contributed by atoms with Crippen molar-refractivity contribution in [3.8, 4) is 16.3 Å². The molecular weight excluding hydrogens is 439 g/mol. The summed E-state index contributed by atoms with van der Waals surface area (Å²) in [5, 5.41) is 1.43. The topological polar surface area (TPSA) is 59.5 Å². The quantitative estimate of drug-likeness (QED) is 0.563.